The van der Waals surface area contributed by atoms with Crippen LogP contribution in [0.4, 0.5) is 5.69 Å². The summed E-state index contributed by atoms with van der Waals surface area (Å²) < 4.78 is 0.985. The van der Waals surface area contributed by atoms with Gasteiger partial charge < -0.3 is 10.2 Å². The van der Waals surface area contributed by atoms with Gasteiger partial charge in [-0.1, -0.05) is 11.6 Å². The van der Waals surface area contributed by atoms with E-state index in [1.807, 2.05) is 6.07 Å². The van der Waals surface area contributed by atoms with Crippen molar-refractivity contribution >= 4 is 63.1 Å². The van der Waals surface area contributed by atoms with Gasteiger partial charge in [0.1, 0.15) is 6.33 Å². The number of anilines is 1. The maximum Gasteiger partial charge on any atom is 0.230 e. The molecule has 10 heteroatoms. The smallest absolute Gasteiger partial charge is 0.230 e. The summed E-state index contributed by atoms with van der Waals surface area (Å²) in [5.41, 5.74) is 5.83. The standard InChI is InChI=1S/C28H28ClN5O2S.ClH/c29-16-7-20-19-6-15(19)12-33(17-10-28(32-11-17)4-1-5-28)26(20)21(8-16)25-27-22(30-14-31-25)9-18(37-27)13-34-23(35)2-3-24(34)36;/h7-9,14-15,17,19,32H,1-6,10-13H2;1H/t15-,17+,19-;/m0./s1. The predicted octanol–water partition coefficient (Wildman–Crippen LogP) is 5.29. The molecule has 4 fully saturated rings. The van der Waals surface area contributed by atoms with E-state index in [0.29, 0.717) is 42.8 Å². The van der Waals surface area contributed by atoms with Crippen LogP contribution in [-0.4, -0.2) is 51.4 Å². The average Bonchev–Trinajstić information content (AvgIpc) is 3.18. The number of aromatic nitrogens is 2. The van der Waals surface area contributed by atoms with E-state index in [1.165, 1.54) is 48.3 Å². The Balaban J connectivity index is 0.00000242. The third-order valence-corrected chi connectivity index (χ3v) is 10.7. The SMILES string of the molecule is Cl.O=C1CCC(=O)N1Cc1cc2ncnc(-c3cc(Cl)cc4c3N([C@H]3CNC5(CCC5)C3)C[C@@H]3C[C@H]43)c2s1. The fourth-order valence-corrected chi connectivity index (χ4v) is 8.50. The molecule has 2 amide bonds. The normalized spacial score (nSPS) is 26.9. The Bertz CT molecular complexity index is 1470. The molecule has 198 valence electrons. The van der Waals surface area contributed by atoms with Crippen LogP contribution in [0.2, 0.25) is 5.02 Å². The van der Waals surface area contributed by atoms with Crippen LogP contribution in [-0.2, 0) is 16.1 Å². The van der Waals surface area contributed by atoms with E-state index < -0.39 is 0 Å². The second-order valence-corrected chi connectivity index (χ2v) is 13.1. The van der Waals surface area contributed by atoms with Crippen molar-refractivity contribution in [3.05, 3.63) is 40.0 Å². The lowest BCUT2D eigenvalue weighted by molar-refractivity contribution is -0.138. The van der Waals surface area contributed by atoms with Crippen molar-refractivity contribution in [3.8, 4) is 11.3 Å². The molecule has 3 aliphatic heterocycles. The number of hydrogen-bond donors (Lipinski definition) is 1. The van der Waals surface area contributed by atoms with Gasteiger partial charge in [-0.05, 0) is 67.7 Å². The number of benzene rings is 1. The lowest BCUT2D eigenvalue weighted by Gasteiger charge is -2.41. The summed E-state index contributed by atoms with van der Waals surface area (Å²) in [4.78, 5) is 38.8. The topological polar surface area (TPSA) is 78.4 Å². The minimum atomic E-state index is -0.0956. The quantitative estimate of drug-likeness (QED) is 0.430. The highest BCUT2D eigenvalue weighted by molar-refractivity contribution is 7.19. The van der Waals surface area contributed by atoms with Crippen LogP contribution in [0, 0.1) is 5.92 Å². The molecule has 3 aromatic rings. The third kappa shape index (κ3) is 3.79. The van der Waals surface area contributed by atoms with Gasteiger partial charge in [0.15, 0.2) is 0 Å². The van der Waals surface area contributed by atoms with Gasteiger partial charge in [0.2, 0.25) is 11.8 Å². The van der Waals surface area contributed by atoms with Crippen LogP contribution in [0.1, 0.15) is 61.3 Å². The largest absolute Gasteiger partial charge is 0.366 e. The minimum absolute atomic E-state index is 0. The van der Waals surface area contributed by atoms with E-state index in [2.05, 4.69) is 27.3 Å². The Morgan fingerprint density at radius 1 is 1.13 bits per heavy atom. The monoisotopic (exact) mass is 569 g/mol. The summed E-state index contributed by atoms with van der Waals surface area (Å²) in [6.07, 6.45) is 8.57. The molecule has 8 rings (SSSR count). The number of halogens is 2. The molecule has 5 aliphatic rings. The molecule has 38 heavy (non-hydrogen) atoms. The number of carbonyl (C=O) groups excluding carboxylic acids is 2. The number of carbonyl (C=O) groups is 2. The molecular formula is C28H29Cl2N5O2S. The number of nitrogens with one attached hydrogen (secondary N) is 1. The van der Waals surface area contributed by atoms with Crippen LogP contribution in [0.25, 0.3) is 21.5 Å². The number of hydrogen-bond acceptors (Lipinski definition) is 7. The van der Waals surface area contributed by atoms with Gasteiger partial charge in [0, 0.05) is 53.0 Å². The highest BCUT2D eigenvalue weighted by atomic mass is 35.5. The Hall–Kier alpha value is -2.26. The second kappa shape index (κ2) is 8.88. The predicted molar refractivity (Wildman–Crippen MR) is 151 cm³/mol. The van der Waals surface area contributed by atoms with Crippen molar-refractivity contribution in [2.24, 2.45) is 5.92 Å². The van der Waals surface area contributed by atoms with Crippen molar-refractivity contribution in [3.63, 3.8) is 0 Å². The molecule has 5 heterocycles. The molecule has 0 bridgehead atoms. The number of likely N-dealkylation sites (tertiary alicyclic amines) is 1. The summed E-state index contributed by atoms with van der Waals surface area (Å²) in [7, 11) is 0. The molecule has 2 aliphatic carbocycles. The van der Waals surface area contributed by atoms with Crippen molar-refractivity contribution in [2.75, 3.05) is 18.0 Å². The molecule has 7 nitrogen and oxygen atoms in total. The number of thiophene rings is 1. The van der Waals surface area contributed by atoms with Gasteiger partial charge in [-0.15, -0.1) is 23.7 Å². The molecule has 1 N–H and O–H groups in total. The van der Waals surface area contributed by atoms with E-state index in [4.69, 9.17) is 16.6 Å². The zero-order valence-corrected chi connectivity index (χ0v) is 23.3. The van der Waals surface area contributed by atoms with Crippen molar-refractivity contribution in [2.45, 2.75) is 69.0 Å². The fraction of sp³-hybridized carbons (Fsp3) is 0.500. The molecule has 2 saturated heterocycles. The Labute approximate surface area is 236 Å². The number of imide groups is 1. The van der Waals surface area contributed by atoms with Crippen LogP contribution in [0.5, 0.6) is 0 Å². The van der Waals surface area contributed by atoms with Crippen LogP contribution in [0.15, 0.2) is 24.5 Å². The Morgan fingerprint density at radius 2 is 1.95 bits per heavy atom. The van der Waals surface area contributed by atoms with Crippen LogP contribution in [0.3, 0.4) is 0 Å². The number of amides is 2. The molecule has 1 aromatic carbocycles. The molecular weight excluding hydrogens is 541 g/mol. The summed E-state index contributed by atoms with van der Waals surface area (Å²) >= 11 is 8.33. The van der Waals surface area contributed by atoms with Gasteiger partial charge in [0.05, 0.1) is 28.1 Å². The van der Waals surface area contributed by atoms with E-state index in [-0.39, 0.29) is 24.2 Å². The van der Waals surface area contributed by atoms with E-state index >= 15 is 0 Å². The molecule has 0 unspecified atom stereocenters. The highest BCUT2D eigenvalue weighted by Gasteiger charge is 2.51. The fourth-order valence-electron chi connectivity index (χ4n) is 7.17. The van der Waals surface area contributed by atoms with Gasteiger partial charge in [-0.25, -0.2) is 9.97 Å². The summed E-state index contributed by atoms with van der Waals surface area (Å²) in [6, 6.07) is 6.73. The first-order valence-corrected chi connectivity index (χ1v) is 14.6. The second-order valence-electron chi connectivity index (χ2n) is 11.5. The molecule has 3 atom stereocenters. The highest BCUT2D eigenvalue weighted by Crippen LogP contribution is 2.59. The van der Waals surface area contributed by atoms with Crippen LogP contribution < -0.4 is 10.2 Å². The zero-order chi connectivity index (χ0) is 24.9. The van der Waals surface area contributed by atoms with E-state index in [9.17, 15) is 9.59 Å². The molecule has 2 saturated carbocycles. The van der Waals surface area contributed by atoms with Crippen molar-refractivity contribution in [1.82, 2.24) is 20.2 Å². The van der Waals surface area contributed by atoms with E-state index in [0.717, 1.165) is 44.5 Å². The number of nitrogens with zero attached hydrogens (tertiary/aromatic N) is 4. The maximum atomic E-state index is 12.2. The van der Waals surface area contributed by atoms with Gasteiger partial charge >= 0.3 is 0 Å². The summed E-state index contributed by atoms with van der Waals surface area (Å²) in [6.45, 7) is 2.43. The first-order valence-electron chi connectivity index (χ1n) is 13.4. The van der Waals surface area contributed by atoms with Crippen molar-refractivity contribution < 1.29 is 9.59 Å². The van der Waals surface area contributed by atoms with Crippen LogP contribution >= 0.6 is 35.3 Å². The van der Waals surface area contributed by atoms with Gasteiger partial charge in [-0.3, -0.25) is 14.5 Å². The molecule has 1 spiro atoms. The first-order chi connectivity index (χ1) is 18.0. The number of fused-ring (bicyclic) bond motifs is 4. The van der Waals surface area contributed by atoms with Crippen molar-refractivity contribution in [1.29, 1.82) is 0 Å². The molecule has 2 aromatic heterocycles. The minimum Gasteiger partial charge on any atom is -0.366 e. The maximum absolute atomic E-state index is 12.2. The van der Waals surface area contributed by atoms with Gasteiger partial charge in [0.25, 0.3) is 0 Å². The van der Waals surface area contributed by atoms with E-state index in [1.54, 1.807) is 17.7 Å². The lowest BCUT2D eigenvalue weighted by atomic mass is 9.75. The van der Waals surface area contributed by atoms with Gasteiger partial charge in [-0.2, -0.15) is 0 Å². The molecule has 0 radical (unpaired) electrons. The summed E-state index contributed by atoms with van der Waals surface area (Å²) in [5, 5.41) is 4.62. The Morgan fingerprint density at radius 3 is 2.68 bits per heavy atom. The number of rotatable bonds is 4. The average molecular weight is 571 g/mol. The zero-order valence-electron chi connectivity index (χ0n) is 20.9. The Kier molecular flexibility index (Phi) is 5.78. The first kappa shape index (κ1) is 24.8. The summed E-state index contributed by atoms with van der Waals surface area (Å²) in [5.74, 6) is 1.11. The third-order valence-electron chi connectivity index (χ3n) is 9.32. The lowest BCUT2D eigenvalue weighted by Crippen LogP contribution is -2.46.